The number of hydrogen-bond acceptors (Lipinski definition) is 8. The quantitative estimate of drug-likeness (QED) is 0.470. The Labute approximate surface area is 135 Å². The second-order valence-corrected chi connectivity index (χ2v) is 4.51. The van der Waals surface area contributed by atoms with Gasteiger partial charge in [0, 0.05) is 17.7 Å². The van der Waals surface area contributed by atoms with Gasteiger partial charge in [0.2, 0.25) is 0 Å². The minimum absolute atomic E-state index is 0.0187. The first kappa shape index (κ1) is 16.7. The molecule has 0 fully saturated rings. The van der Waals surface area contributed by atoms with Gasteiger partial charge in [-0.3, -0.25) is 25.7 Å². The highest BCUT2D eigenvalue weighted by Gasteiger charge is 2.19. The summed E-state index contributed by atoms with van der Waals surface area (Å²) in [7, 11) is 1.46. The van der Waals surface area contributed by atoms with Gasteiger partial charge in [0.05, 0.1) is 29.2 Å². The molecule has 2 aromatic carbocycles. The Hall–Kier alpha value is -3.69. The Morgan fingerprint density at radius 2 is 1.92 bits per heavy atom. The summed E-state index contributed by atoms with van der Waals surface area (Å²) in [5, 5.41) is 35.2. The number of nitro groups is 2. The molecule has 2 aromatic rings. The lowest BCUT2D eigenvalue weighted by atomic mass is 10.2. The van der Waals surface area contributed by atoms with Crippen molar-refractivity contribution in [2.45, 2.75) is 0 Å². The van der Waals surface area contributed by atoms with Crippen LogP contribution in [0.1, 0.15) is 5.56 Å². The largest absolute Gasteiger partial charge is 0.507 e. The molecular weight excluding hydrogens is 320 g/mol. The first-order chi connectivity index (χ1) is 11.4. The Morgan fingerprint density at radius 1 is 1.17 bits per heavy atom. The molecule has 0 heterocycles. The maximum atomic E-state index is 11.0. The number of nitrogens with zero attached hydrogens (tertiary/aromatic N) is 3. The average Bonchev–Trinajstić information content (AvgIpc) is 2.56. The van der Waals surface area contributed by atoms with Crippen LogP contribution in [0.3, 0.4) is 0 Å². The highest BCUT2D eigenvalue weighted by Crippen LogP contribution is 2.29. The van der Waals surface area contributed by atoms with Crippen molar-refractivity contribution >= 4 is 23.3 Å². The summed E-state index contributed by atoms with van der Waals surface area (Å²) in [4.78, 5) is 20.2. The van der Waals surface area contributed by atoms with Gasteiger partial charge >= 0.3 is 5.69 Å². The molecule has 0 aromatic heterocycles. The highest BCUT2D eigenvalue weighted by atomic mass is 16.6. The molecule has 0 saturated carbocycles. The van der Waals surface area contributed by atoms with Gasteiger partial charge in [-0.05, 0) is 18.2 Å². The molecule has 0 aliphatic carbocycles. The van der Waals surface area contributed by atoms with E-state index in [2.05, 4.69) is 10.5 Å². The monoisotopic (exact) mass is 332 g/mol. The number of methoxy groups -OCH3 is 1. The normalized spacial score (nSPS) is 10.5. The number of phenolic OH excluding ortho intramolecular Hbond substituents is 1. The summed E-state index contributed by atoms with van der Waals surface area (Å²) in [6, 6.07) is 7.68. The maximum absolute atomic E-state index is 11.0. The van der Waals surface area contributed by atoms with Gasteiger partial charge < -0.3 is 9.84 Å². The van der Waals surface area contributed by atoms with E-state index >= 15 is 0 Å². The molecule has 2 N–H and O–H groups in total. The summed E-state index contributed by atoms with van der Waals surface area (Å²) in [6.45, 7) is 0. The summed E-state index contributed by atoms with van der Waals surface area (Å²) in [5.41, 5.74) is 1.88. The van der Waals surface area contributed by atoms with Gasteiger partial charge in [0.15, 0.2) is 0 Å². The molecule has 0 amide bonds. The predicted octanol–water partition coefficient (Wildman–Crippen LogP) is 2.66. The van der Waals surface area contributed by atoms with Crippen molar-refractivity contribution in [3.05, 3.63) is 62.2 Å². The van der Waals surface area contributed by atoms with E-state index in [4.69, 9.17) is 4.74 Å². The van der Waals surface area contributed by atoms with Crippen LogP contribution in [0.5, 0.6) is 11.5 Å². The van der Waals surface area contributed by atoms with Crippen molar-refractivity contribution in [2.75, 3.05) is 12.5 Å². The first-order valence-electron chi connectivity index (χ1n) is 6.51. The lowest BCUT2D eigenvalue weighted by Gasteiger charge is -2.04. The van der Waals surface area contributed by atoms with Crippen LogP contribution in [0, 0.1) is 20.2 Å². The minimum Gasteiger partial charge on any atom is -0.507 e. The molecule has 0 unspecified atom stereocenters. The second-order valence-electron chi connectivity index (χ2n) is 4.51. The summed E-state index contributed by atoms with van der Waals surface area (Å²) in [6.07, 6.45) is 1.25. The standard InChI is InChI=1S/C14H12N4O6/c1-24-11-4-2-9(14(19)7-11)8-15-16-12-5-3-10(17(20)21)6-13(12)18(22)23/h2-8,16,19H,1H3. The van der Waals surface area contributed by atoms with Gasteiger partial charge in [0.25, 0.3) is 5.69 Å². The van der Waals surface area contributed by atoms with Crippen molar-refractivity contribution < 1.29 is 19.7 Å². The number of phenols is 1. The lowest BCUT2D eigenvalue weighted by Crippen LogP contribution is -1.98. The fraction of sp³-hybridized carbons (Fsp3) is 0.0714. The molecule has 0 spiro atoms. The molecule has 0 saturated heterocycles. The number of benzene rings is 2. The number of hydrogen-bond donors (Lipinski definition) is 2. The number of ether oxygens (including phenoxy) is 1. The zero-order chi connectivity index (χ0) is 17.7. The molecule has 124 valence electrons. The topological polar surface area (TPSA) is 140 Å². The van der Waals surface area contributed by atoms with Crippen molar-refractivity contribution in [1.82, 2.24) is 0 Å². The molecule has 24 heavy (non-hydrogen) atoms. The molecule has 0 radical (unpaired) electrons. The molecule has 0 aliphatic heterocycles. The van der Waals surface area contributed by atoms with Crippen LogP contribution in [-0.4, -0.2) is 28.3 Å². The van der Waals surface area contributed by atoms with E-state index in [0.29, 0.717) is 11.3 Å². The van der Waals surface area contributed by atoms with Crippen molar-refractivity contribution in [1.29, 1.82) is 0 Å². The van der Waals surface area contributed by atoms with E-state index in [1.165, 1.54) is 25.5 Å². The third-order valence-electron chi connectivity index (χ3n) is 3.02. The third kappa shape index (κ3) is 3.74. The van der Waals surface area contributed by atoms with Crippen LogP contribution < -0.4 is 10.2 Å². The van der Waals surface area contributed by atoms with Crippen LogP contribution >= 0.6 is 0 Å². The van der Waals surface area contributed by atoms with E-state index in [0.717, 1.165) is 12.1 Å². The van der Waals surface area contributed by atoms with Crippen LogP contribution in [0.25, 0.3) is 0 Å². The number of hydrazone groups is 1. The zero-order valence-electron chi connectivity index (χ0n) is 12.4. The number of nitrogens with one attached hydrogen (secondary N) is 1. The molecule has 0 bridgehead atoms. The molecule has 10 heteroatoms. The maximum Gasteiger partial charge on any atom is 0.301 e. The Morgan fingerprint density at radius 3 is 2.50 bits per heavy atom. The summed E-state index contributed by atoms with van der Waals surface area (Å²) in [5.74, 6) is 0.377. The van der Waals surface area contributed by atoms with Gasteiger partial charge in [0.1, 0.15) is 17.2 Å². The molecular formula is C14H12N4O6. The van der Waals surface area contributed by atoms with Crippen LogP contribution in [0.15, 0.2) is 41.5 Å². The van der Waals surface area contributed by atoms with Gasteiger partial charge in [-0.1, -0.05) is 0 Å². The van der Waals surface area contributed by atoms with Gasteiger partial charge in [-0.2, -0.15) is 5.10 Å². The van der Waals surface area contributed by atoms with E-state index < -0.39 is 21.2 Å². The van der Waals surface area contributed by atoms with Gasteiger partial charge in [-0.15, -0.1) is 0 Å². The van der Waals surface area contributed by atoms with Crippen molar-refractivity contribution in [3.63, 3.8) is 0 Å². The summed E-state index contributed by atoms with van der Waals surface area (Å²) < 4.78 is 4.95. The number of anilines is 1. The van der Waals surface area contributed by atoms with Gasteiger partial charge in [-0.25, -0.2) is 0 Å². The number of rotatable bonds is 6. The third-order valence-corrected chi connectivity index (χ3v) is 3.02. The van der Waals surface area contributed by atoms with Crippen molar-refractivity contribution in [2.24, 2.45) is 5.10 Å². The zero-order valence-corrected chi connectivity index (χ0v) is 12.4. The molecule has 0 atom stereocenters. The minimum atomic E-state index is -0.754. The fourth-order valence-electron chi connectivity index (χ4n) is 1.81. The van der Waals surface area contributed by atoms with Crippen LogP contribution in [0.2, 0.25) is 0 Å². The van der Waals surface area contributed by atoms with E-state index in [1.54, 1.807) is 12.1 Å². The van der Waals surface area contributed by atoms with E-state index in [-0.39, 0.29) is 11.4 Å². The summed E-state index contributed by atoms with van der Waals surface area (Å²) >= 11 is 0. The molecule has 2 rings (SSSR count). The smallest absolute Gasteiger partial charge is 0.301 e. The Balaban J connectivity index is 2.22. The highest BCUT2D eigenvalue weighted by molar-refractivity contribution is 5.84. The second kappa shape index (κ2) is 7.05. The number of nitro benzene ring substituents is 2. The lowest BCUT2D eigenvalue weighted by molar-refractivity contribution is -0.393. The Bertz CT molecular complexity index is 821. The van der Waals surface area contributed by atoms with E-state index in [1.807, 2.05) is 0 Å². The first-order valence-corrected chi connectivity index (χ1v) is 6.51. The van der Waals surface area contributed by atoms with Crippen LogP contribution in [0.4, 0.5) is 17.1 Å². The van der Waals surface area contributed by atoms with Crippen molar-refractivity contribution in [3.8, 4) is 11.5 Å². The Kier molecular flexibility index (Phi) is 4.90. The fourth-order valence-corrected chi connectivity index (χ4v) is 1.81. The average molecular weight is 332 g/mol. The van der Waals surface area contributed by atoms with Crippen LogP contribution in [-0.2, 0) is 0 Å². The SMILES string of the molecule is COc1ccc(C=NNc2ccc([N+](=O)[O-])cc2[N+](=O)[O-])c(O)c1. The number of non-ortho nitro benzene ring substituents is 1. The number of aromatic hydroxyl groups is 1. The van der Waals surface area contributed by atoms with E-state index in [9.17, 15) is 25.3 Å². The molecule has 0 aliphatic rings. The molecule has 10 nitrogen and oxygen atoms in total. The predicted molar refractivity (Wildman–Crippen MR) is 85.6 cm³/mol.